The lowest BCUT2D eigenvalue weighted by molar-refractivity contribution is 0.0905. The highest BCUT2D eigenvalue weighted by Crippen LogP contribution is 2.51. The van der Waals surface area contributed by atoms with Crippen LogP contribution in [0.4, 0.5) is 11.4 Å². The van der Waals surface area contributed by atoms with Gasteiger partial charge >= 0.3 is 0 Å². The van der Waals surface area contributed by atoms with Crippen LogP contribution in [-0.2, 0) is 17.0 Å². The van der Waals surface area contributed by atoms with Crippen LogP contribution < -0.4 is 15.2 Å². The van der Waals surface area contributed by atoms with E-state index in [1.165, 1.54) is 25.5 Å². The van der Waals surface area contributed by atoms with Gasteiger partial charge in [-0.25, -0.2) is 8.42 Å². The molecular weight excluding hydrogens is 424 g/mol. The molecule has 2 N–H and O–H groups in total. The molecule has 1 spiro atoms. The quantitative estimate of drug-likeness (QED) is 0.560. The van der Waals surface area contributed by atoms with E-state index < -0.39 is 22.6 Å². The van der Waals surface area contributed by atoms with Crippen LogP contribution >= 0.6 is 0 Å². The maximum absolute atomic E-state index is 12.9. The Kier molecular flexibility index (Phi) is 4.27. The standard InChI is InChI=1S/C24H30N4O3S/c1-3-4-12-32(30,31)26-17-6-7-21(28-15-24(16-28)9-5-10-24)19(13-17)20-14-27(2)23(29)22-18(20)8-11-25-22/h6-8,11,13-14,25-26H,3-5,9-10,12,15-16H2,1-2H3/i2D3. The minimum absolute atomic E-state index is 0.0290. The monoisotopic (exact) mass is 457 g/mol. The number of unbranched alkanes of at least 4 members (excludes halogenated alkanes) is 1. The number of aryl methyl sites for hydroxylation is 1. The molecule has 170 valence electrons. The van der Waals surface area contributed by atoms with Crippen molar-refractivity contribution in [2.24, 2.45) is 12.4 Å². The summed E-state index contributed by atoms with van der Waals surface area (Å²) in [6.45, 7) is 1.11. The van der Waals surface area contributed by atoms with E-state index >= 15 is 0 Å². The Morgan fingerprint density at radius 3 is 2.72 bits per heavy atom. The van der Waals surface area contributed by atoms with Gasteiger partial charge in [0, 0.05) is 69.9 Å². The van der Waals surface area contributed by atoms with E-state index in [1.54, 1.807) is 24.4 Å². The lowest BCUT2D eigenvalue weighted by atomic mass is 9.63. The molecule has 5 rings (SSSR count). The SMILES string of the molecule is [2H]C([2H])([2H])n1cc(-c2cc(NS(=O)(=O)CCCC)ccc2N2CC3(CCC3)C2)c2cc[nH]c2c1=O. The number of aromatic amines is 1. The van der Waals surface area contributed by atoms with Crippen molar-refractivity contribution in [2.45, 2.75) is 39.0 Å². The molecular formula is C24H30N4O3S. The summed E-state index contributed by atoms with van der Waals surface area (Å²) in [5.41, 5.74) is 2.51. The topological polar surface area (TPSA) is 87.2 Å². The first-order valence-electron chi connectivity index (χ1n) is 12.7. The van der Waals surface area contributed by atoms with Crippen LogP contribution in [0.5, 0.6) is 0 Å². The molecule has 8 heteroatoms. The zero-order valence-corrected chi connectivity index (χ0v) is 19.0. The highest BCUT2D eigenvalue weighted by Gasteiger charge is 2.47. The van der Waals surface area contributed by atoms with Gasteiger partial charge in [0.15, 0.2) is 0 Å². The molecule has 1 saturated heterocycles. The molecule has 2 aromatic heterocycles. The summed E-state index contributed by atoms with van der Waals surface area (Å²) < 4.78 is 52.2. The number of rotatable bonds is 7. The van der Waals surface area contributed by atoms with Gasteiger partial charge in [0.1, 0.15) is 5.52 Å². The molecule has 2 aliphatic rings. The second-order valence-corrected chi connectivity index (χ2v) is 11.0. The van der Waals surface area contributed by atoms with Crippen molar-refractivity contribution >= 4 is 32.3 Å². The Labute approximate surface area is 192 Å². The molecule has 3 heterocycles. The molecule has 1 aliphatic heterocycles. The number of fused-ring (bicyclic) bond motifs is 1. The van der Waals surface area contributed by atoms with Crippen LogP contribution in [-0.4, -0.2) is 36.8 Å². The number of hydrogen-bond donors (Lipinski definition) is 2. The summed E-state index contributed by atoms with van der Waals surface area (Å²) in [6.07, 6.45) is 7.97. The fourth-order valence-corrected chi connectivity index (χ4v) is 6.20. The fourth-order valence-electron chi connectivity index (χ4n) is 4.95. The van der Waals surface area contributed by atoms with E-state index in [0.717, 1.165) is 29.8 Å². The number of nitrogens with zero attached hydrogens (tertiary/aromatic N) is 2. The third-order valence-corrected chi connectivity index (χ3v) is 8.24. The average molecular weight is 458 g/mol. The van der Waals surface area contributed by atoms with E-state index in [-0.39, 0.29) is 11.3 Å². The van der Waals surface area contributed by atoms with Crippen molar-refractivity contribution in [3.05, 3.63) is 47.0 Å². The number of hydrogen-bond acceptors (Lipinski definition) is 4. The van der Waals surface area contributed by atoms with Crippen molar-refractivity contribution in [3.63, 3.8) is 0 Å². The Balaban J connectivity index is 1.65. The summed E-state index contributed by atoms with van der Waals surface area (Å²) >= 11 is 0. The first-order valence-corrected chi connectivity index (χ1v) is 12.8. The van der Waals surface area contributed by atoms with E-state index in [2.05, 4.69) is 14.6 Å². The molecule has 1 aliphatic carbocycles. The van der Waals surface area contributed by atoms with E-state index in [4.69, 9.17) is 4.11 Å². The summed E-state index contributed by atoms with van der Waals surface area (Å²) in [6, 6.07) is 7.14. The zero-order chi connectivity index (χ0) is 25.0. The minimum atomic E-state index is -3.52. The van der Waals surface area contributed by atoms with Gasteiger partial charge in [-0.2, -0.15) is 0 Å². The first-order chi connectivity index (χ1) is 16.5. The van der Waals surface area contributed by atoms with Crippen molar-refractivity contribution in [2.75, 3.05) is 28.5 Å². The number of sulfonamides is 1. The smallest absolute Gasteiger partial charge is 0.274 e. The van der Waals surface area contributed by atoms with E-state index in [1.807, 2.05) is 13.0 Å². The molecule has 0 atom stereocenters. The molecule has 0 unspecified atom stereocenters. The van der Waals surface area contributed by atoms with Crippen molar-refractivity contribution in [3.8, 4) is 11.1 Å². The normalized spacial score (nSPS) is 19.2. The number of pyridine rings is 1. The average Bonchev–Trinajstić information content (AvgIpc) is 3.21. The Bertz CT molecular complexity index is 1430. The highest BCUT2D eigenvalue weighted by atomic mass is 32.2. The fraction of sp³-hybridized carbons (Fsp3) is 0.458. The van der Waals surface area contributed by atoms with Crippen LogP contribution in [0.15, 0.2) is 41.5 Å². The molecule has 0 amide bonds. The molecule has 7 nitrogen and oxygen atoms in total. The van der Waals surface area contributed by atoms with Gasteiger partial charge in [0.2, 0.25) is 10.0 Å². The maximum atomic E-state index is 12.9. The number of nitrogens with one attached hydrogen (secondary N) is 2. The van der Waals surface area contributed by atoms with Crippen LogP contribution in [0.25, 0.3) is 22.0 Å². The molecule has 32 heavy (non-hydrogen) atoms. The number of aromatic nitrogens is 2. The van der Waals surface area contributed by atoms with Crippen LogP contribution in [0, 0.1) is 5.41 Å². The second-order valence-electron chi connectivity index (χ2n) is 9.20. The molecule has 0 bridgehead atoms. The van der Waals surface area contributed by atoms with Gasteiger partial charge in [-0.05, 0) is 43.5 Å². The van der Waals surface area contributed by atoms with E-state index in [0.29, 0.717) is 34.0 Å². The van der Waals surface area contributed by atoms with Crippen molar-refractivity contribution < 1.29 is 12.5 Å². The van der Waals surface area contributed by atoms with Gasteiger partial charge in [-0.3, -0.25) is 9.52 Å². The van der Waals surface area contributed by atoms with Gasteiger partial charge in [0.05, 0.1) is 5.75 Å². The van der Waals surface area contributed by atoms with Crippen LogP contribution in [0.3, 0.4) is 0 Å². The van der Waals surface area contributed by atoms with Crippen molar-refractivity contribution in [1.82, 2.24) is 9.55 Å². The summed E-state index contributed by atoms with van der Waals surface area (Å²) in [7, 11) is -3.52. The predicted octanol–water partition coefficient (Wildman–Crippen LogP) is 4.07. The maximum Gasteiger partial charge on any atom is 0.274 e. The lowest BCUT2D eigenvalue weighted by Crippen LogP contribution is -2.60. The molecule has 2 fully saturated rings. The summed E-state index contributed by atoms with van der Waals surface area (Å²) in [4.78, 5) is 18.0. The van der Waals surface area contributed by atoms with Gasteiger partial charge in [0.25, 0.3) is 5.56 Å². The Morgan fingerprint density at radius 2 is 2.03 bits per heavy atom. The Morgan fingerprint density at radius 1 is 1.22 bits per heavy atom. The lowest BCUT2D eigenvalue weighted by Gasteiger charge is -2.57. The van der Waals surface area contributed by atoms with Gasteiger partial charge in [-0.15, -0.1) is 0 Å². The summed E-state index contributed by atoms with van der Waals surface area (Å²) in [5.74, 6) is 0.0290. The Hall–Kier alpha value is -2.74. The largest absolute Gasteiger partial charge is 0.370 e. The molecule has 3 aromatic rings. The van der Waals surface area contributed by atoms with Gasteiger partial charge < -0.3 is 14.5 Å². The third-order valence-electron chi connectivity index (χ3n) is 6.86. The number of benzene rings is 1. The summed E-state index contributed by atoms with van der Waals surface area (Å²) in [5, 5.41) is 0.599. The number of anilines is 2. The predicted molar refractivity (Wildman–Crippen MR) is 130 cm³/mol. The minimum Gasteiger partial charge on any atom is -0.370 e. The first kappa shape index (κ1) is 17.8. The van der Waals surface area contributed by atoms with Crippen molar-refractivity contribution in [1.29, 1.82) is 0 Å². The second kappa shape index (κ2) is 7.69. The van der Waals surface area contributed by atoms with E-state index in [9.17, 15) is 13.2 Å². The van der Waals surface area contributed by atoms with Crippen LogP contribution in [0.2, 0.25) is 0 Å². The van der Waals surface area contributed by atoms with Gasteiger partial charge in [-0.1, -0.05) is 19.8 Å². The molecule has 1 aromatic carbocycles. The number of H-pyrrole nitrogens is 1. The van der Waals surface area contributed by atoms with Crippen LogP contribution in [0.1, 0.15) is 43.1 Å². The third kappa shape index (κ3) is 3.60. The molecule has 0 radical (unpaired) electrons. The molecule has 1 saturated carbocycles. The zero-order valence-electron chi connectivity index (χ0n) is 21.1. The highest BCUT2D eigenvalue weighted by molar-refractivity contribution is 7.92.